The van der Waals surface area contributed by atoms with Gasteiger partial charge in [-0.05, 0) is 36.4 Å². The van der Waals surface area contributed by atoms with E-state index in [1.807, 2.05) is 72.8 Å². The minimum Gasteiger partial charge on any atom is -0.457 e. The molecule has 0 saturated heterocycles. The van der Waals surface area contributed by atoms with Gasteiger partial charge in [-0.3, -0.25) is 0 Å². The van der Waals surface area contributed by atoms with E-state index in [4.69, 9.17) is 9.72 Å². The monoisotopic (exact) mass is 337 g/mol. The Hall–Kier alpha value is -3.66. The summed E-state index contributed by atoms with van der Waals surface area (Å²) in [6.45, 7) is 0. The fourth-order valence-electron chi connectivity index (χ4n) is 3.00. The van der Waals surface area contributed by atoms with Crippen LogP contribution in [0.2, 0.25) is 0 Å². The van der Waals surface area contributed by atoms with Crippen molar-refractivity contribution >= 4 is 21.9 Å². The summed E-state index contributed by atoms with van der Waals surface area (Å²) in [5, 5.41) is 1.12. The normalized spacial score (nSPS) is 11.1. The lowest BCUT2D eigenvalue weighted by Crippen LogP contribution is -1.86. The number of fused-ring (bicyclic) bond motifs is 2. The van der Waals surface area contributed by atoms with Crippen molar-refractivity contribution in [2.45, 2.75) is 0 Å². The van der Waals surface area contributed by atoms with Crippen LogP contribution in [-0.4, -0.2) is 15.0 Å². The molecule has 0 fully saturated rings. The van der Waals surface area contributed by atoms with Gasteiger partial charge in [-0.1, -0.05) is 42.5 Å². The van der Waals surface area contributed by atoms with Crippen LogP contribution in [0, 0.1) is 0 Å². The molecule has 0 spiro atoms. The molecule has 0 bridgehead atoms. The molecule has 5 rings (SSSR count). The number of ether oxygens (including phenoxy) is 1. The minimum atomic E-state index is 0.752. The highest BCUT2D eigenvalue weighted by Crippen LogP contribution is 2.27. The molecule has 124 valence electrons. The van der Waals surface area contributed by atoms with E-state index in [1.165, 1.54) is 0 Å². The number of H-pyrrole nitrogens is 1. The molecule has 0 unspecified atom stereocenters. The number of aromatic nitrogens is 3. The predicted octanol–water partition coefficient (Wildman–Crippen LogP) is 5.57. The molecule has 0 aliphatic heterocycles. The second-order valence-electron chi connectivity index (χ2n) is 6.07. The van der Waals surface area contributed by atoms with E-state index in [0.29, 0.717) is 0 Å². The molecule has 0 aliphatic rings. The van der Waals surface area contributed by atoms with Gasteiger partial charge >= 0.3 is 0 Å². The van der Waals surface area contributed by atoms with Gasteiger partial charge in [-0.2, -0.15) is 0 Å². The molecule has 26 heavy (non-hydrogen) atoms. The number of rotatable bonds is 3. The van der Waals surface area contributed by atoms with Gasteiger partial charge in [0.05, 0.1) is 16.6 Å². The van der Waals surface area contributed by atoms with Crippen molar-refractivity contribution in [3.8, 4) is 23.0 Å². The lowest BCUT2D eigenvalue weighted by Gasteiger charge is -2.04. The minimum absolute atomic E-state index is 0.752. The lowest BCUT2D eigenvalue weighted by atomic mass is 10.2. The molecular formula is C22H15N3O. The molecule has 0 radical (unpaired) electrons. The Morgan fingerprint density at radius 3 is 2.42 bits per heavy atom. The smallest absolute Gasteiger partial charge is 0.157 e. The lowest BCUT2D eigenvalue weighted by molar-refractivity contribution is 0.483. The van der Waals surface area contributed by atoms with Crippen LogP contribution in [0.25, 0.3) is 33.5 Å². The molecule has 5 aromatic rings. The first-order chi connectivity index (χ1) is 12.8. The maximum Gasteiger partial charge on any atom is 0.157 e. The number of hydrogen-bond acceptors (Lipinski definition) is 3. The van der Waals surface area contributed by atoms with Gasteiger partial charge < -0.3 is 9.72 Å². The van der Waals surface area contributed by atoms with Crippen molar-refractivity contribution in [2.75, 3.05) is 0 Å². The molecule has 0 amide bonds. The average Bonchev–Trinajstić information content (AvgIpc) is 3.12. The summed E-state index contributed by atoms with van der Waals surface area (Å²) in [6, 6.07) is 27.7. The van der Waals surface area contributed by atoms with Crippen LogP contribution in [0.4, 0.5) is 0 Å². The standard InChI is InChI=1S/C22H15N3O/c1-2-7-16(8-3-1)26-17-11-13-19-21(14-17)25-22(24-19)20-12-10-15-6-4-5-9-18(15)23-20/h1-14H,(H,24,25). The fraction of sp³-hybridized carbons (Fsp3) is 0. The van der Waals surface area contributed by atoms with E-state index in [2.05, 4.69) is 22.1 Å². The molecule has 3 aromatic carbocycles. The SMILES string of the molecule is c1ccc(Oc2ccc3nc(-c4ccc5ccccc5n4)[nH]c3c2)cc1. The summed E-state index contributed by atoms with van der Waals surface area (Å²) in [6.07, 6.45) is 0. The molecular weight excluding hydrogens is 322 g/mol. The number of para-hydroxylation sites is 2. The number of nitrogens with one attached hydrogen (secondary N) is 1. The number of hydrogen-bond donors (Lipinski definition) is 1. The molecule has 4 heteroatoms. The number of aromatic amines is 1. The van der Waals surface area contributed by atoms with Crippen LogP contribution < -0.4 is 4.74 Å². The van der Waals surface area contributed by atoms with Crippen LogP contribution in [0.1, 0.15) is 0 Å². The van der Waals surface area contributed by atoms with Gasteiger partial charge in [0, 0.05) is 11.5 Å². The van der Waals surface area contributed by atoms with Gasteiger partial charge in [0.25, 0.3) is 0 Å². The highest BCUT2D eigenvalue weighted by molar-refractivity contribution is 5.83. The van der Waals surface area contributed by atoms with E-state index < -0.39 is 0 Å². The average molecular weight is 337 g/mol. The first kappa shape index (κ1) is 14.7. The molecule has 0 atom stereocenters. The zero-order valence-corrected chi connectivity index (χ0v) is 13.9. The second-order valence-corrected chi connectivity index (χ2v) is 6.07. The third kappa shape index (κ3) is 2.67. The highest BCUT2D eigenvalue weighted by Gasteiger charge is 2.09. The Balaban J connectivity index is 1.52. The third-order valence-electron chi connectivity index (χ3n) is 4.27. The second kappa shape index (κ2) is 6.01. The third-order valence-corrected chi connectivity index (χ3v) is 4.27. The van der Waals surface area contributed by atoms with Gasteiger partial charge in [0.1, 0.15) is 17.2 Å². The number of nitrogens with zero attached hydrogens (tertiary/aromatic N) is 2. The van der Waals surface area contributed by atoms with Gasteiger partial charge in [0.15, 0.2) is 5.82 Å². The summed E-state index contributed by atoms with van der Waals surface area (Å²) >= 11 is 0. The van der Waals surface area contributed by atoms with Crippen LogP contribution in [-0.2, 0) is 0 Å². The maximum atomic E-state index is 5.90. The van der Waals surface area contributed by atoms with Crippen LogP contribution >= 0.6 is 0 Å². The molecule has 0 saturated carbocycles. The van der Waals surface area contributed by atoms with Crippen LogP contribution in [0.5, 0.6) is 11.5 Å². The highest BCUT2D eigenvalue weighted by atomic mass is 16.5. The summed E-state index contributed by atoms with van der Waals surface area (Å²) in [4.78, 5) is 12.7. The Morgan fingerprint density at radius 1 is 0.654 bits per heavy atom. The first-order valence-corrected chi connectivity index (χ1v) is 8.44. The molecule has 1 N–H and O–H groups in total. The predicted molar refractivity (Wildman–Crippen MR) is 103 cm³/mol. The van der Waals surface area contributed by atoms with Crippen molar-refractivity contribution in [2.24, 2.45) is 0 Å². The number of pyridine rings is 1. The van der Waals surface area contributed by atoms with Crippen LogP contribution in [0.3, 0.4) is 0 Å². The van der Waals surface area contributed by atoms with E-state index in [0.717, 1.165) is 45.0 Å². The van der Waals surface area contributed by atoms with E-state index in [1.54, 1.807) is 0 Å². The maximum absolute atomic E-state index is 5.90. The van der Waals surface area contributed by atoms with Crippen molar-refractivity contribution in [3.05, 3.63) is 84.9 Å². The summed E-state index contributed by atoms with van der Waals surface area (Å²) in [7, 11) is 0. The van der Waals surface area contributed by atoms with Crippen LogP contribution in [0.15, 0.2) is 84.9 Å². The van der Waals surface area contributed by atoms with E-state index in [9.17, 15) is 0 Å². The summed E-state index contributed by atoms with van der Waals surface area (Å²) < 4.78 is 5.90. The Bertz CT molecular complexity index is 1210. The zero-order valence-electron chi connectivity index (χ0n) is 13.9. The number of benzene rings is 3. The first-order valence-electron chi connectivity index (χ1n) is 8.44. The van der Waals surface area contributed by atoms with E-state index >= 15 is 0 Å². The zero-order chi connectivity index (χ0) is 17.3. The Labute approximate surface area is 150 Å². The molecule has 2 heterocycles. The Kier molecular flexibility index (Phi) is 3.39. The summed E-state index contributed by atoms with van der Waals surface area (Å²) in [5.41, 5.74) is 3.59. The van der Waals surface area contributed by atoms with Gasteiger partial charge in [-0.15, -0.1) is 0 Å². The van der Waals surface area contributed by atoms with Crippen molar-refractivity contribution in [1.29, 1.82) is 0 Å². The largest absolute Gasteiger partial charge is 0.457 e. The summed E-state index contributed by atoms with van der Waals surface area (Å²) in [5.74, 6) is 2.33. The van der Waals surface area contributed by atoms with Crippen molar-refractivity contribution < 1.29 is 4.74 Å². The number of imidazole rings is 1. The molecule has 4 nitrogen and oxygen atoms in total. The van der Waals surface area contributed by atoms with Crippen molar-refractivity contribution in [1.82, 2.24) is 15.0 Å². The molecule has 2 aromatic heterocycles. The van der Waals surface area contributed by atoms with Gasteiger partial charge in [-0.25, -0.2) is 9.97 Å². The molecule has 0 aliphatic carbocycles. The van der Waals surface area contributed by atoms with Gasteiger partial charge in [0.2, 0.25) is 0 Å². The Morgan fingerprint density at radius 2 is 1.50 bits per heavy atom. The topological polar surface area (TPSA) is 50.8 Å². The fourth-order valence-corrected chi connectivity index (χ4v) is 3.00. The quantitative estimate of drug-likeness (QED) is 0.468. The van der Waals surface area contributed by atoms with E-state index in [-0.39, 0.29) is 0 Å². The van der Waals surface area contributed by atoms with Crippen molar-refractivity contribution in [3.63, 3.8) is 0 Å².